The van der Waals surface area contributed by atoms with Crippen molar-refractivity contribution in [1.29, 1.82) is 0 Å². The first-order valence-corrected chi connectivity index (χ1v) is 12.0. The number of aliphatic hydroxyl groups is 1. The second-order valence-electron chi connectivity index (χ2n) is 9.18. The fourth-order valence-electron chi connectivity index (χ4n) is 4.68. The van der Waals surface area contributed by atoms with Crippen molar-refractivity contribution in [3.63, 3.8) is 0 Å². The number of carbonyl (C=O) groups excluding carboxylic acids is 2. The molecule has 9 nitrogen and oxygen atoms in total. The number of rotatable bonds is 9. The van der Waals surface area contributed by atoms with E-state index in [2.05, 4.69) is 0 Å². The van der Waals surface area contributed by atoms with Crippen LogP contribution in [0.2, 0.25) is 0 Å². The summed E-state index contributed by atoms with van der Waals surface area (Å²) in [4.78, 5) is 30.1. The Labute approximate surface area is 221 Å². The number of likely N-dealkylation sites (tertiary alicyclic amines) is 1. The summed E-state index contributed by atoms with van der Waals surface area (Å²) in [5, 5.41) is 13.3. The number of nitrogens with zero attached hydrogens (tertiary/aromatic N) is 2. The highest BCUT2D eigenvalue weighted by molar-refractivity contribution is 6.46. The van der Waals surface area contributed by atoms with Crippen LogP contribution in [0.3, 0.4) is 0 Å². The van der Waals surface area contributed by atoms with Crippen molar-refractivity contribution >= 4 is 28.2 Å². The predicted octanol–water partition coefficient (Wildman–Crippen LogP) is 3.86. The van der Waals surface area contributed by atoms with E-state index >= 15 is 0 Å². The Morgan fingerprint density at radius 1 is 0.868 bits per heavy atom. The minimum absolute atomic E-state index is 0.00380. The van der Waals surface area contributed by atoms with Crippen molar-refractivity contribution in [2.24, 2.45) is 0 Å². The van der Waals surface area contributed by atoms with E-state index in [4.69, 9.17) is 18.9 Å². The van der Waals surface area contributed by atoms with Crippen LogP contribution >= 0.6 is 0 Å². The molecule has 1 heterocycles. The second kappa shape index (κ2) is 11.0. The number of likely N-dealkylation sites (N-methyl/N-ethyl adjacent to an activating group) is 1. The van der Waals surface area contributed by atoms with E-state index in [1.165, 1.54) is 26.2 Å². The summed E-state index contributed by atoms with van der Waals surface area (Å²) in [7, 11) is 9.85. The maximum Gasteiger partial charge on any atom is 0.295 e. The maximum absolute atomic E-state index is 13.4. The van der Waals surface area contributed by atoms with E-state index in [1.54, 1.807) is 31.4 Å². The Bertz CT molecular complexity index is 1390. The molecular formula is C29H32N2O7. The summed E-state index contributed by atoms with van der Waals surface area (Å²) >= 11 is 0. The van der Waals surface area contributed by atoms with Crippen molar-refractivity contribution in [1.82, 2.24) is 9.80 Å². The van der Waals surface area contributed by atoms with Crippen LogP contribution in [-0.4, -0.2) is 82.2 Å². The molecule has 0 aliphatic carbocycles. The van der Waals surface area contributed by atoms with Crippen LogP contribution in [-0.2, 0) is 9.59 Å². The number of amides is 1. The normalized spacial score (nSPS) is 16.8. The fourth-order valence-corrected chi connectivity index (χ4v) is 4.68. The minimum Gasteiger partial charge on any atom is -0.507 e. The van der Waals surface area contributed by atoms with Gasteiger partial charge in [0, 0.05) is 18.7 Å². The average molecular weight is 521 g/mol. The van der Waals surface area contributed by atoms with Gasteiger partial charge in [-0.1, -0.05) is 18.2 Å². The molecule has 0 radical (unpaired) electrons. The molecule has 1 fully saturated rings. The smallest absolute Gasteiger partial charge is 0.295 e. The third-order valence-electron chi connectivity index (χ3n) is 6.65. The lowest BCUT2D eigenvalue weighted by Gasteiger charge is -2.27. The van der Waals surface area contributed by atoms with Crippen LogP contribution in [0.1, 0.15) is 17.2 Å². The number of carbonyl (C=O) groups is 2. The minimum atomic E-state index is -0.866. The standard InChI is InChI=1S/C29H32N2O7/c1-30(2)11-12-31-25(20-15-22(36-4)28(38-6)23(16-20)37-5)24(27(33)29(31)34)26(32)19-8-7-18-14-21(35-3)10-9-17(18)13-19/h7-10,13-16,25,32H,11-12H2,1-6H3/b26-24+. The molecule has 1 atom stereocenters. The molecule has 0 saturated carbocycles. The van der Waals surface area contributed by atoms with Crippen LogP contribution in [0.4, 0.5) is 0 Å². The van der Waals surface area contributed by atoms with Crippen LogP contribution in [0.25, 0.3) is 16.5 Å². The number of hydrogen-bond donors (Lipinski definition) is 1. The van der Waals surface area contributed by atoms with Gasteiger partial charge in [0.15, 0.2) is 11.5 Å². The molecule has 4 rings (SSSR count). The van der Waals surface area contributed by atoms with Crippen LogP contribution in [0.5, 0.6) is 23.0 Å². The van der Waals surface area contributed by atoms with Crippen molar-refractivity contribution in [2.75, 3.05) is 55.6 Å². The number of Topliss-reactive ketones (excluding diaryl/α,β-unsaturated/α-hetero) is 1. The van der Waals surface area contributed by atoms with Crippen molar-refractivity contribution in [2.45, 2.75) is 6.04 Å². The van der Waals surface area contributed by atoms with Gasteiger partial charge in [0.2, 0.25) is 5.75 Å². The van der Waals surface area contributed by atoms with Gasteiger partial charge in [0.05, 0.1) is 40.1 Å². The first kappa shape index (κ1) is 26.8. The Balaban J connectivity index is 1.92. The Kier molecular flexibility index (Phi) is 7.78. The van der Waals surface area contributed by atoms with Crippen LogP contribution in [0.15, 0.2) is 54.1 Å². The lowest BCUT2D eigenvalue weighted by molar-refractivity contribution is -0.140. The summed E-state index contributed by atoms with van der Waals surface area (Å²) in [6, 6.07) is 13.4. The number of ketones is 1. The van der Waals surface area contributed by atoms with E-state index in [-0.39, 0.29) is 17.9 Å². The highest BCUT2D eigenvalue weighted by Crippen LogP contribution is 2.45. The van der Waals surface area contributed by atoms with Crippen molar-refractivity contribution in [3.8, 4) is 23.0 Å². The Morgan fingerprint density at radius 3 is 2.08 bits per heavy atom. The molecule has 0 aromatic heterocycles. The van der Waals surface area contributed by atoms with Gasteiger partial charge < -0.3 is 33.9 Å². The molecule has 200 valence electrons. The number of hydrogen-bond acceptors (Lipinski definition) is 8. The molecule has 1 aliphatic heterocycles. The summed E-state index contributed by atoms with van der Waals surface area (Å²) in [6.07, 6.45) is 0. The van der Waals surface area contributed by atoms with Crippen molar-refractivity contribution < 1.29 is 33.6 Å². The zero-order valence-corrected chi connectivity index (χ0v) is 22.4. The van der Waals surface area contributed by atoms with Gasteiger partial charge in [0.25, 0.3) is 11.7 Å². The van der Waals surface area contributed by atoms with Gasteiger partial charge in [0.1, 0.15) is 11.5 Å². The molecule has 1 N–H and O–H groups in total. The van der Waals surface area contributed by atoms with E-state index in [9.17, 15) is 14.7 Å². The molecule has 38 heavy (non-hydrogen) atoms. The Hall–Kier alpha value is -4.24. The molecule has 0 bridgehead atoms. The lowest BCUT2D eigenvalue weighted by Crippen LogP contribution is -2.35. The van der Waals surface area contributed by atoms with Crippen molar-refractivity contribution in [3.05, 3.63) is 65.2 Å². The van der Waals surface area contributed by atoms with E-state index < -0.39 is 17.7 Å². The highest BCUT2D eigenvalue weighted by atomic mass is 16.5. The SMILES string of the molecule is COc1ccc2cc(/C(O)=C3\C(=O)C(=O)N(CCN(C)C)C3c3cc(OC)c(OC)c(OC)c3)ccc2c1. The van der Waals surface area contributed by atoms with Gasteiger partial charge in [-0.25, -0.2) is 0 Å². The molecule has 3 aromatic rings. The number of ether oxygens (including phenoxy) is 4. The molecule has 1 unspecified atom stereocenters. The largest absolute Gasteiger partial charge is 0.507 e. The second-order valence-corrected chi connectivity index (χ2v) is 9.18. The molecule has 1 aliphatic rings. The number of aliphatic hydroxyl groups excluding tert-OH is 1. The number of benzene rings is 3. The predicted molar refractivity (Wildman–Crippen MR) is 144 cm³/mol. The third-order valence-corrected chi connectivity index (χ3v) is 6.65. The lowest BCUT2D eigenvalue weighted by atomic mass is 9.94. The summed E-state index contributed by atoms with van der Waals surface area (Å²) in [5.41, 5.74) is 0.964. The maximum atomic E-state index is 13.4. The highest BCUT2D eigenvalue weighted by Gasteiger charge is 2.46. The Morgan fingerprint density at radius 2 is 1.50 bits per heavy atom. The molecule has 3 aromatic carbocycles. The molecule has 1 saturated heterocycles. The fraction of sp³-hybridized carbons (Fsp3) is 0.310. The van der Waals surface area contributed by atoms with E-state index in [0.717, 1.165) is 10.8 Å². The molecule has 1 amide bonds. The average Bonchev–Trinajstić information content (AvgIpc) is 3.18. The zero-order chi connectivity index (χ0) is 27.6. The van der Waals surface area contributed by atoms with Gasteiger partial charge in [-0.2, -0.15) is 0 Å². The monoisotopic (exact) mass is 520 g/mol. The summed E-state index contributed by atoms with van der Waals surface area (Å²) in [5.74, 6) is 0.149. The molecule has 0 spiro atoms. The number of methoxy groups -OCH3 is 4. The summed E-state index contributed by atoms with van der Waals surface area (Å²) in [6.45, 7) is 0.791. The van der Waals surface area contributed by atoms with Gasteiger partial charge in [-0.15, -0.1) is 0 Å². The first-order valence-electron chi connectivity index (χ1n) is 12.0. The quantitative estimate of drug-likeness (QED) is 0.258. The zero-order valence-electron chi connectivity index (χ0n) is 22.4. The van der Waals surface area contributed by atoms with E-state index in [1.807, 2.05) is 43.3 Å². The van der Waals surface area contributed by atoms with E-state index in [0.29, 0.717) is 40.7 Å². The van der Waals surface area contributed by atoms with Gasteiger partial charge in [-0.3, -0.25) is 9.59 Å². The molecule has 9 heteroatoms. The van der Waals surface area contributed by atoms with Gasteiger partial charge in [-0.05, 0) is 60.8 Å². The summed E-state index contributed by atoms with van der Waals surface area (Å²) < 4.78 is 21.8. The van der Waals surface area contributed by atoms with Crippen LogP contribution in [0, 0.1) is 0 Å². The third kappa shape index (κ3) is 4.84. The van der Waals surface area contributed by atoms with Gasteiger partial charge >= 0.3 is 0 Å². The first-order chi connectivity index (χ1) is 18.2. The topological polar surface area (TPSA) is 97.8 Å². The number of fused-ring (bicyclic) bond motifs is 1. The van der Waals surface area contributed by atoms with Crippen LogP contribution < -0.4 is 18.9 Å². The molecular weight excluding hydrogens is 488 g/mol.